The van der Waals surface area contributed by atoms with Gasteiger partial charge in [-0.1, -0.05) is 121 Å². The summed E-state index contributed by atoms with van der Waals surface area (Å²) in [4.78, 5) is 5.14. The fourth-order valence-electron chi connectivity index (χ4n) is 6.80. The van der Waals surface area contributed by atoms with Gasteiger partial charge >= 0.3 is 0 Å². The first-order chi connectivity index (χ1) is 22.7. The SMILES string of the molecule is CO[C@H]1CNCC[C@H]1N(Cc1ccccc1)Cc1ccccc1.CO[C@H]1CNCC[C@H]1N(Cc1ccccc1)Cc1ccccc1. The van der Waals surface area contributed by atoms with Crippen molar-refractivity contribution in [2.45, 2.75) is 63.3 Å². The maximum absolute atomic E-state index is 5.76. The van der Waals surface area contributed by atoms with Crippen molar-refractivity contribution in [3.05, 3.63) is 144 Å². The normalized spacial score (nSPS) is 21.5. The smallest absolute Gasteiger partial charge is 0.0851 e. The molecule has 2 N–H and O–H groups in total. The summed E-state index contributed by atoms with van der Waals surface area (Å²) in [6.45, 7) is 7.82. The summed E-state index contributed by atoms with van der Waals surface area (Å²) in [5.74, 6) is 0. The van der Waals surface area contributed by atoms with Crippen LogP contribution in [0.2, 0.25) is 0 Å². The van der Waals surface area contributed by atoms with E-state index in [1.807, 2.05) is 14.2 Å². The quantitative estimate of drug-likeness (QED) is 0.199. The highest BCUT2D eigenvalue weighted by Crippen LogP contribution is 2.22. The van der Waals surface area contributed by atoms with Crippen LogP contribution in [0.4, 0.5) is 0 Å². The number of benzene rings is 4. The van der Waals surface area contributed by atoms with E-state index in [-0.39, 0.29) is 12.2 Å². The third-order valence-corrected chi connectivity index (χ3v) is 9.24. The Labute approximate surface area is 276 Å². The minimum atomic E-state index is 0.246. The van der Waals surface area contributed by atoms with Crippen LogP contribution in [0.5, 0.6) is 0 Å². The van der Waals surface area contributed by atoms with Gasteiger partial charge in [-0.2, -0.15) is 0 Å². The maximum Gasteiger partial charge on any atom is 0.0851 e. The Morgan fingerprint density at radius 3 is 1.02 bits per heavy atom. The molecule has 2 fully saturated rings. The minimum Gasteiger partial charge on any atom is -0.378 e. The molecule has 4 aromatic carbocycles. The van der Waals surface area contributed by atoms with Crippen molar-refractivity contribution < 1.29 is 9.47 Å². The van der Waals surface area contributed by atoms with E-state index in [0.29, 0.717) is 12.1 Å². The van der Waals surface area contributed by atoms with E-state index in [1.165, 1.54) is 22.3 Å². The summed E-state index contributed by atoms with van der Waals surface area (Å²) in [6, 6.07) is 43.8. The van der Waals surface area contributed by atoms with Gasteiger partial charge in [0.25, 0.3) is 0 Å². The molecule has 244 valence electrons. The van der Waals surface area contributed by atoms with E-state index in [9.17, 15) is 0 Å². The third-order valence-electron chi connectivity index (χ3n) is 9.24. The van der Waals surface area contributed by atoms with Crippen molar-refractivity contribution in [2.24, 2.45) is 0 Å². The van der Waals surface area contributed by atoms with Gasteiger partial charge in [-0.15, -0.1) is 0 Å². The average molecular weight is 621 g/mol. The van der Waals surface area contributed by atoms with Crippen LogP contribution in [0.25, 0.3) is 0 Å². The predicted octanol–water partition coefficient (Wildman–Crippen LogP) is 6.13. The fourth-order valence-corrected chi connectivity index (χ4v) is 6.80. The molecule has 2 aliphatic heterocycles. The summed E-state index contributed by atoms with van der Waals surface area (Å²) in [5, 5.41) is 6.89. The highest BCUT2D eigenvalue weighted by Gasteiger charge is 2.31. The molecule has 2 saturated heterocycles. The zero-order chi connectivity index (χ0) is 31.8. The van der Waals surface area contributed by atoms with Crippen LogP contribution in [0.3, 0.4) is 0 Å². The number of nitrogens with zero attached hydrogens (tertiary/aromatic N) is 2. The standard InChI is InChI=1S/2C20H26N2O/c2*1-23-20-14-21-13-12-19(20)22(15-17-8-4-2-5-9-17)16-18-10-6-3-7-11-18/h2*2-11,19-21H,12-16H2,1H3/t2*19-,20+/m11/s1. The van der Waals surface area contributed by atoms with Crippen LogP contribution in [0, 0.1) is 0 Å². The average Bonchev–Trinajstić information content (AvgIpc) is 3.13. The Morgan fingerprint density at radius 2 is 0.761 bits per heavy atom. The van der Waals surface area contributed by atoms with Gasteiger partial charge in [0.05, 0.1) is 12.2 Å². The van der Waals surface area contributed by atoms with Crippen molar-refractivity contribution in [1.82, 2.24) is 20.4 Å². The van der Waals surface area contributed by atoms with E-state index in [2.05, 4.69) is 142 Å². The number of methoxy groups -OCH3 is 2. The predicted molar refractivity (Wildman–Crippen MR) is 188 cm³/mol. The number of piperidine rings is 2. The molecule has 6 heteroatoms. The molecule has 2 aliphatic rings. The molecule has 2 heterocycles. The lowest BCUT2D eigenvalue weighted by molar-refractivity contribution is -0.00923. The first-order valence-electron chi connectivity index (χ1n) is 16.8. The van der Waals surface area contributed by atoms with Gasteiger partial charge in [0, 0.05) is 65.6 Å². The van der Waals surface area contributed by atoms with Crippen LogP contribution >= 0.6 is 0 Å². The van der Waals surface area contributed by atoms with E-state index in [1.54, 1.807) is 0 Å². The molecule has 6 rings (SSSR count). The number of hydrogen-bond donors (Lipinski definition) is 2. The molecular formula is C40H52N4O2. The molecule has 46 heavy (non-hydrogen) atoms. The molecule has 0 amide bonds. The number of nitrogens with one attached hydrogen (secondary N) is 2. The number of hydrogen-bond acceptors (Lipinski definition) is 6. The van der Waals surface area contributed by atoms with Gasteiger partial charge in [0.1, 0.15) is 0 Å². The summed E-state index contributed by atoms with van der Waals surface area (Å²) in [5.41, 5.74) is 5.43. The highest BCUT2D eigenvalue weighted by atomic mass is 16.5. The Balaban J connectivity index is 0.000000181. The molecule has 0 saturated carbocycles. The zero-order valence-corrected chi connectivity index (χ0v) is 27.6. The maximum atomic E-state index is 5.76. The topological polar surface area (TPSA) is 49.0 Å². The molecule has 0 unspecified atom stereocenters. The van der Waals surface area contributed by atoms with Crippen molar-refractivity contribution in [3.63, 3.8) is 0 Å². The molecule has 0 bridgehead atoms. The largest absolute Gasteiger partial charge is 0.378 e. The van der Waals surface area contributed by atoms with Gasteiger partial charge in [0.15, 0.2) is 0 Å². The summed E-state index contributed by atoms with van der Waals surface area (Å²) >= 11 is 0. The van der Waals surface area contributed by atoms with Crippen molar-refractivity contribution in [3.8, 4) is 0 Å². The van der Waals surface area contributed by atoms with Crippen molar-refractivity contribution in [2.75, 3.05) is 40.4 Å². The van der Waals surface area contributed by atoms with Gasteiger partial charge in [-0.25, -0.2) is 0 Å². The van der Waals surface area contributed by atoms with Crippen molar-refractivity contribution >= 4 is 0 Å². The van der Waals surface area contributed by atoms with Crippen LogP contribution < -0.4 is 10.6 Å². The Kier molecular flexibility index (Phi) is 13.8. The van der Waals surface area contributed by atoms with Gasteiger partial charge in [-0.3, -0.25) is 9.80 Å². The van der Waals surface area contributed by atoms with Gasteiger partial charge in [-0.05, 0) is 48.2 Å². The summed E-state index contributed by atoms with van der Waals surface area (Å²) in [6.07, 6.45) is 2.74. The molecule has 0 radical (unpaired) electrons. The van der Waals surface area contributed by atoms with Gasteiger partial charge in [0.2, 0.25) is 0 Å². The highest BCUT2D eigenvalue weighted by molar-refractivity contribution is 5.19. The summed E-state index contributed by atoms with van der Waals surface area (Å²) < 4.78 is 11.5. The number of rotatable bonds is 12. The fraction of sp³-hybridized carbons (Fsp3) is 0.400. The van der Waals surface area contributed by atoms with Gasteiger partial charge < -0.3 is 20.1 Å². The first kappa shape index (κ1) is 34.0. The van der Waals surface area contributed by atoms with E-state index >= 15 is 0 Å². The van der Waals surface area contributed by atoms with Crippen LogP contribution in [0.1, 0.15) is 35.1 Å². The Hall–Kier alpha value is -3.36. The molecular weight excluding hydrogens is 568 g/mol. The van der Waals surface area contributed by atoms with Crippen molar-refractivity contribution in [1.29, 1.82) is 0 Å². The Morgan fingerprint density at radius 1 is 0.478 bits per heavy atom. The third kappa shape index (κ3) is 10.3. The monoisotopic (exact) mass is 620 g/mol. The lowest BCUT2D eigenvalue weighted by Gasteiger charge is -2.39. The molecule has 4 aromatic rings. The minimum absolute atomic E-state index is 0.246. The molecule has 0 spiro atoms. The molecule has 6 nitrogen and oxygen atoms in total. The lowest BCUT2D eigenvalue weighted by atomic mass is 9.99. The molecule has 0 aliphatic carbocycles. The second-order valence-corrected chi connectivity index (χ2v) is 12.4. The molecule has 4 atom stereocenters. The zero-order valence-electron chi connectivity index (χ0n) is 27.6. The van der Waals surface area contributed by atoms with Crippen LogP contribution in [-0.2, 0) is 35.7 Å². The van der Waals surface area contributed by atoms with E-state index < -0.39 is 0 Å². The summed E-state index contributed by atoms with van der Waals surface area (Å²) in [7, 11) is 3.65. The van der Waals surface area contributed by atoms with E-state index in [0.717, 1.165) is 65.2 Å². The van der Waals surface area contributed by atoms with Crippen LogP contribution in [0.15, 0.2) is 121 Å². The molecule has 0 aromatic heterocycles. The Bertz CT molecular complexity index is 1170. The second-order valence-electron chi connectivity index (χ2n) is 12.4. The van der Waals surface area contributed by atoms with E-state index in [4.69, 9.17) is 9.47 Å². The first-order valence-corrected chi connectivity index (χ1v) is 16.8. The second kappa shape index (κ2) is 18.7. The number of ether oxygens (including phenoxy) is 2. The van der Waals surface area contributed by atoms with Crippen LogP contribution in [-0.4, -0.2) is 74.5 Å². The lowest BCUT2D eigenvalue weighted by Crippen LogP contribution is -2.53.